The number of hydrogen-bond acceptors (Lipinski definition) is 4. The third-order valence-corrected chi connectivity index (χ3v) is 3.79. The van der Waals surface area contributed by atoms with Crippen molar-refractivity contribution in [3.63, 3.8) is 0 Å². The summed E-state index contributed by atoms with van der Waals surface area (Å²) in [5.74, 6) is 2.58. The molecule has 1 atom stereocenters. The third kappa shape index (κ3) is 2.21. The van der Waals surface area contributed by atoms with Gasteiger partial charge < -0.3 is 15.0 Å². The largest absolute Gasteiger partial charge is 0.486 e. The molecule has 1 aliphatic carbocycles. The molecule has 0 saturated heterocycles. The van der Waals surface area contributed by atoms with Gasteiger partial charge in [-0.1, -0.05) is 6.07 Å². The highest BCUT2D eigenvalue weighted by Crippen LogP contribution is 2.31. The number of aromatic nitrogens is 3. The van der Waals surface area contributed by atoms with Crippen LogP contribution in [0.15, 0.2) is 18.2 Å². The number of hydrogen-bond donors (Lipinski definition) is 1. The second-order valence-electron chi connectivity index (χ2n) is 5.02. The number of fused-ring (bicyclic) bond motifs is 1. The summed E-state index contributed by atoms with van der Waals surface area (Å²) >= 11 is 0. The Labute approximate surface area is 112 Å². The first kappa shape index (κ1) is 12.2. The minimum absolute atomic E-state index is 0.186. The van der Waals surface area contributed by atoms with Crippen molar-refractivity contribution >= 4 is 0 Å². The Bertz CT molecular complexity index is 605. The van der Waals surface area contributed by atoms with Crippen LogP contribution in [0.2, 0.25) is 0 Å². The number of aryl methyl sites for hydroxylation is 2. The highest BCUT2D eigenvalue weighted by Gasteiger charge is 2.19. The van der Waals surface area contributed by atoms with Crippen molar-refractivity contribution in [1.29, 1.82) is 0 Å². The topological polar surface area (TPSA) is 66.0 Å². The highest BCUT2D eigenvalue weighted by molar-refractivity contribution is 5.40. The van der Waals surface area contributed by atoms with Crippen molar-refractivity contribution in [3.8, 4) is 5.75 Å². The van der Waals surface area contributed by atoms with Crippen molar-refractivity contribution in [1.82, 2.24) is 14.8 Å². The van der Waals surface area contributed by atoms with Crippen LogP contribution in [0.1, 0.15) is 35.2 Å². The first-order valence-electron chi connectivity index (χ1n) is 6.51. The van der Waals surface area contributed by atoms with Gasteiger partial charge in [0.05, 0.1) is 0 Å². The van der Waals surface area contributed by atoms with Crippen LogP contribution < -0.4 is 10.5 Å². The lowest BCUT2D eigenvalue weighted by atomic mass is 10.1. The van der Waals surface area contributed by atoms with Gasteiger partial charge in [0.15, 0.2) is 5.82 Å². The standard InChI is InChI=1S/C14H18N4O/c1-9-16-17-14(18(9)2)8-19-11-4-5-12-10(7-11)3-6-13(12)15/h4-5,7,13H,3,6,8,15H2,1-2H3/t13-/m0/s1. The Morgan fingerprint density at radius 3 is 3.00 bits per heavy atom. The lowest BCUT2D eigenvalue weighted by Crippen LogP contribution is -2.06. The smallest absolute Gasteiger partial charge is 0.170 e. The maximum Gasteiger partial charge on any atom is 0.170 e. The predicted molar refractivity (Wildman–Crippen MR) is 71.8 cm³/mol. The molecule has 1 aliphatic rings. The minimum atomic E-state index is 0.186. The Morgan fingerprint density at radius 1 is 1.42 bits per heavy atom. The van der Waals surface area contributed by atoms with Crippen LogP contribution in [0.4, 0.5) is 0 Å². The van der Waals surface area contributed by atoms with E-state index < -0.39 is 0 Å². The molecule has 19 heavy (non-hydrogen) atoms. The molecule has 0 bridgehead atoms. The van der Waals surface area contributed by atoms with Gasteiger partial charge in [-0.25, -0.2) is 0 Å². The summed E-state index contributed by atoms with van der Waals surface area (Å²) in [4.78, 5) is 0. The first-order chi connectivity index (χ1) is 9.15. The number of rotatable bonds is 3. The van der Waals surface area contributed by atoms with Gasteiger partial charge in [0.2, 0.25) is 0 Å². The normalized spacial score (nSPS) is 17.5. The maximum atomic E-state index is 6.02. The Hall–Kier alpha value is -1.88. The van der Waals surface area contributed by atoms with Crippen molar-refractivity contribution < 1.29 is 4.74 Å². The van der Waals surface area contributed by atoms with Crippen LogP contribution in [0, 0.1) is 6.92 Å². The van der Waals surface area contributed by atoms with Gasteiger partial charge in [-0.05, 0) is 43.0 Å². The van der Waals surface area contributed by atoms with Crippen molar-refractivity contribution in [2.75, 3.05) is 0 Å². The molecule has 0 amide bonds. The Kier molecular flexibility index (Phi) is 2.98. The third-order valence-electron chi connectivity index (χ3n) is 3.79. The Morgan fingerprint density at radius 2 is 2.26 bits per heavy atom. The average Bonchev–Trinajstić information content (AvgIpc) is 2.93. The summed E-state index contributed by atoms with van der Waals surface area (Å²) in [5, 5.41) is 8.10. The van der Waals surface area contributed by atoms with Crippen molar-refractivity contribution in [3.05, 3.63) is 41.0 Å². The van der Waals surface area contributed by atoms with E-state index in [1.165, 1.54) is 11.1 Å². The van der Waals surface area contributed by atoms with E-state index in [0.717, 1.165) is 30.2 Å². The monoisotopic (exact) mass is 258 g/mol. The van der Waals surface area contributed by atoms with Gasteiger partial charge in [-0.2, -0.15) is 0 Å². The molecule has 5 heteroatoms. The van der Waals surface area contributed by atoms with E-state index >= 15 is 0 Å². The van der Waals surface area contributed by atoms with E-state index in [9.17, 15) is 0 Å². The maximum absolute atomic E-state index is 6.02. The van der Waals surface area contributed by atoms with Crippen LogP contribution >= 0.6 is 0 Å². The lowest BCUT2D eigenvalue weighted by Gasteiger charge is -2.09. The molecule has 0 unspecified atom stereocenters. The van der Waals surface area contributed by atoms with E-state index in [1.807, 2.05) is 24.6 Å². The van der Waals surface area contributed by atoms with Crippen LogP contribution in [-0.4, -0.2) is 14.8 Å². The molecule has 2 aromatic rings. The molecule has 1 aromatic carbocycles. The molecule has 0 saturated carbocycles. The van der Waals surface area contributed by atoms with E-state index in [1.54, 1.807) is 0 Å². The number of nitrogens with two attached hydrogens (primary N) is 1. The summed E-state index contributed by atoms with van der Waals surface area (Å²) in [6.07, 6.45) is 2.07. The van der Waals surface area contributed by atoms with Gasteiger partial charge in [-0.3, -0.25) is 0 Å². The molecule has 2 N–H and O–H groups in total. The quantitative estimate of drug-likeness (QED) is 0.909. The first-order valence-corrected chi connectivity index (χ1v) is 6.51. The van der Waals surface area contributed by atoms with E-state index in [2.05, 4.69) is 22.3 Å². The highest BCUT2D eigenvalue weighted by atomic mass is 16.5. The van der Waals surface area contributed by atoms with Gasteiger partial charge in [0.25, 0.3) is 0 Å². The zero-order valence-corrected chi connectivity index (χ0v) is 11.3. The van der Waals surface area contributed by atoms with Gasteiger partial charge in [0, 0.05) is 13.1 Å². The molecule has 5 nitrogen and oxygen atoms in total. The minimum Gasteiger partial charge on any atom is -0.486 e. The molecule has 100 valence electrons. The summed E-state index contributed by atoms with van der Waals surface area (Å²) in [6.45, 7) is 2.36. The fourth-order valence-corrected chi connectivity index (χ4v) is 2.44. The summed E-state index contributed by atoms with van der Waals surface area (Å²) in [7, 11) is 1.94. The van der Waals surface area contributed by atoms with E-state index in [-0.39, 0.29) is 6.04 Å². The van der Waals surface area contributed by atoms with Crippen LogP contribution in [0.3, 0.4) is 0 Å². The Balaban J connectivity index is 1.73. The molecule has 0 radical (unpaired) electrons. The average molecular weight is 258 g/mol. The van der Waals surface area contributed by atoms with Crippen LogP contribution in [0.5, 0.6) is 5.75 Å². The molecule has 1 aromatic heterocycles. The zero-order chi connectivity index (χ0) is 13.4. The van der Waals surface area contributed by atoms with E-state index in [0.29, 0.717) is 6.61 Å². The molecule has 3 rings (SSSR count). The molecule has 0 aliphatic heterocycles. The van der Waals surface area contributed by atoms with Gasteiger partial charge in [-0.15, -0.1) is 10.2 Å². The van der Waals surface area contributed by atoms with Crippen molar-refractivity contribution in [2.24, 2.45) is 12.8 Å². The fraction of sp³-hybridized carbons (Fsp3) is 0.429. The van der Waals surface area contributed by atoms with Crippen LogP contribution in [-0.2, 0) is 20.1 Å². The van der Waals surface area contributed by atoms with Crippen molar-refractivity contribution in [2.45, 2.75) is 32.4 Å². The molecular formula is C14H18N4O. The SMILES string of the molecule is Cc1nnc(COc2ccc3c(c2)CC[C@@H]3N)n1C. The molecule has 0 spiro atoms. The van der Waals surface area contributed by atoms with E-state index in [4.69, 9.17) is 10.5 Å². The lowest BCUT2D eigenvalue weighted by molar-refractivity contribution is 0.290. The summed E-state index contributed by atoms with van der Waals surface area (Å²) in [5.41, 5.74) is 8.58. The summed E-state index contributed by atoms with van der Waals surface area (Å²) in [6, 6.07) is 6.33. The zero-order valence-electron chi connectivity index (χ0n) is 11.3. The second kappa shape index (κ2) is 4.66. The second-order valence-corrected chi connectivity index (χ2v) is 5.02. The van der Waals surface area contributed by atoms with Gasteiger partial charge in [0.1, 0.15) is 18.2 Å². The number of benzene rings is 1. The summed E-state index contributed by atoms with van der Waals surface area (Å²) < 4.78 is 7.72. The molecule has 0 fully saturated rings. The molecular weight excluding hydrogens is 240 g/mol. The van der Waals surface area contributed by atoms with Crippen LogP contribution in [0.25, 0.3) is 0 Å². The predicted octanol–water partition coefficient (Wildman–Crippen LogP) is 1.65. The number of nitrogens with zero attached hydrogens (tertiary/aromatic N) is 3. The van der Waals surface area contributed by atoms with Gasteiger partial charge >= 0.3 is 0 Å². The fourth-order valence-electron chi connectivity index (χ4n) is 2.44. The number of ether oxygens (including phenoxy) is 1. The molecule has 1 heterocycles.